The molecule has 2 N–H and O–H groups in total. The average Bonchev–Trinajstić information content (AvgIpc) is 2.99. The van der Waals surface area contributed by atoms with Crippen molar-refractivity contribution in [2.75, 3.05) is 24.4 Å². The van der Waals surface area contributed by atoms with Gasteiger partial charge in [0.15, 0.2) is 0 Å². The van der Waals surface area contributed by atoms with E-state index in [0.717, 1.165) is 13.1 Å². The molecular formula is C17H28F3N5O6S. The smallest absolute Gasteiger partial charge is 0.430 e. The summed E-state index contributed by atoms with van der Waals surface area (Å²) in [5.74, 6) is -3.01. The lowest BCUT2D eigenvalue weighted by molar-refractivity contribution is -0.884. The van der Waals surface area contributed by atoms with Crippen LogP contribution in [0.1, 0.15) is 33.6 Å². The summed E-state index contributed by atoms with van der Waals surface area (Å²) in [5.41, 5.74) is -0.349. The summed E-state index contributed by atoms with van der Waals surface area (Å²) < 4.78 is 67.2. The monoisotopic (exact) mass is 487 g/mol. The summed E-state index contributed by atoms with van der Waals surface area (Å²) in [6, 6.07) is -0.229. The number of anilines is 1. The Kier molecular flexibility index (Phi) is 8.91. The third-order valence-corrected chi connectivity index (χ3v) is 5.64. The first kappa shape index (κ1) is 27.5. The van der Waals surface area contributed by atoms with Crippen molar-refractivity contribution in [1.29, 1.82) is 0 Å². The molecule has 1 aromatic heterocycles. The van der Waals surface area contributed by atoms with E-state index in [0.29, 0.717) is 18.5 Å². The number of carboxylic acids is 1. The largest absolute Gasteiger partial charge is 0.542 e. The number of aliphatic carboxylic acids is 1. The Morgan fingerprint density at radius 2 is 1.78 bits per heavy atom. The first-order valence-electron chi connectivity index (χ1n) is 9.55. The van der Waals surface area contributed by atoms with Crippen molar-refractivity contribution in [3.8, 4) is 0 Å². The Morgan fingerprint density at radius 1 is 1.28 bits per heavy atom. The van der Waals surface area contributed by atoms with Crippen LogP contribution < -0.4 is 19.0 Å². The minimum atomic E-state index is -5.19. The number of carboxylic acid groups (broad SMARTS) is 1. The fourth-order valence-corrected chi connectivity index (χ4v) is 4.18. The van der Waals surface area contributed by atoms with E-state index < -0.39 is 34.0 Å². The molecule has 2 heterocycles. The molecule has 184 valence electrons. The van der Waals surface area contributed by atoms with E-state index in [-0.39, 0.29) is 6.04 Å². The van der Waals surface area contributed by atoms with Crippen molar-refractivity contribution in [1.82, 2.24) is 14.5 Å². The number of aromatic nitrogens is 2. The summed E-state index contributed by atoms with van der Waals surface area (Å²) in [4.78, 5) is 22.1. The van der Waals surface area contributed by atoms with E-state index in [1.54, 1.807) is 34.0 Å². The van der Waals surface area contributed by atoms with E-state index in [1.807, 2.05) is 4.72 Å². The number of piperidine rings is 1. The van der Waals surface area contributed by atoms with Crippen molar-refractivity contribution in [2.45, 2.75) is 51.4 Å². The van der Waals surface area contributed by atoms with Crippen LogP contribution in [0, 0.1) is 0 Å². The van der Waals surface area contributed by atoms with Gasteiger partial charge in [-0.15, -0.1) is 0 Å². The maximum Gasteiger partial charge on any atom is 0.430 e. The lowest BCUT2D eigenvalue weighted by Crippen LogP contribution is -3.10. The van der Waals surface area contributed by atoms with Gasteiger partial charge in [-0.3, -0.25) is 4.68 Å². The van der Waals surface area contributed by atoms with E-state index in [4.69, 9.17) is 14.6 Å². The SMILES string of the molecule is Cn1cc(N(C2CC[NH+](C)CC2)S(=O)(=O)NC(=O)OC(C)(C)C)cn1.O=C([O-])C(F)(F)F. The molecule has 11 nitrogen and oxygen atoms in total. The summed E-state index contributed by atoms with van der Waals surface area (Å²) >= 11 is 0. The molecule has 0 aromatic carbocycles. The van der Waals surface area contributed by atoms with Crippen LogP contribution >= 0.6 is 0 Å². The molecular weight excluding hydrogens is 459 g/mol. The van der Waals surface area contributed by atoms with Gasteiger partial charge < -0.3 is 19.5 Å². The van der Waals surface area contributed by atoms with E-state index >= 15 is 0 Å². The Balaban J connectivity index is 0.000000633. The highest BCUT2D eigenvalue weighted by Gasteiger charge is 2.36. The molecule has 2 rings (SSSR count). The number of nitrogens with one attached hydrogen (secondary N) is 2. The summed E-state index contributed by atoms with van der Waals surface area (Å²) in [6.45, 7) is 6.76. The van der Waals surface area contributed by atoms with Gasteiger partial charge in [0, 0.05) is 26.1 Å². The number of aryl methyl sites for hydroxylation is 1. The molecule has 0 aliphatic carbocycles. The zero-order valence-electron chi connectivity index (χ0n) is 18.4. The Hall–Kier alpha value is -2.55. The van der Waals surface area contributed by atoms with Gasteiger partial charge in [-0.05, 0) is 20.8 Å². The van der Waals surface area contributed by atoms with Crippen LogP contribution in [0.15, 0.2) is 12.4 Å². The van der Waals surface area contributed by atoms with Gasteiger partial charge in [0.25, 0.3) is 0 Å². The molecule has 32 heavy (non-hydrogen) atoms. The van der Waals surface area contributed by atoms with Crippen LogP contribution in [0.4, 0.5) is 23.7 Å². The minimum Gasteiger partial charge on any atom is -0.542 e. The van der Waals surface area contributed by atoms with Crippen molar-refractivity contribution < 1.29 is 45.9 Å². The van der Waals surface area contributed by atoms with E-state index in [2.05, 4.69) is 12.1 Å². The normalized spacial score (nSPS) is 19.4. The Labute approximate surface area is 184 Å². The third-order valence-electron chi connectivity index (χ3n) is 4.19. The fourth-order valence-electron chi connectivity index (χ4n) is 2.85. The molecule has 0 spiro atoms. The number of ether oxygens (including phenoxy) is 1. The summed E-state index contributed by atoms with van der Waals surface area (Å²) in [6.07, 6.45) is -1.66. The number of alkyl halides is 3. The highest BCUT2D eigenvalue weighted by Crippen LogP contribution is 2.24. The predicted octanol–water partition coefficient (Wildman–Crippen LogP) is -1.03. The number of hydrogen-bond acceptors (Lipinski definition) is 7. The van der Waals surface area contributed by atoms with Gasteiger partial charge in [0.2, 0.25) is 0 Å². The van der Waals surface area contributed by atoms with Gasteiger partial charge in [0.05, 0.1) is 38.1 Å². The zero-order chi connectivity index (χ0) is 24.9. The van der Waals surface area contributed by atoms with Gasteiger partial charge in [-0.25, -0.2) is 13.8 Å². The Morgan fingerprint density at radius 3 is 2.16 bits per heavy atom. The van der Waals surface area contributed by atoms with E-state index in [1.165, 1.54) is 20.1 Å². The number of quaternary nitrogens is 1. The van der Waals surface area contributed by atoms with Crippen molar-refractivity contribution in [3.63, 3.8) is 0 Å². The maximum absolute atomic E-state index is 12.9. The number of hydrogen-bond donors (Lipinski definition) is 2. The molecule has 0 atom stereocenters. The van der Waals surface area contributed by atoms with Crippen LogP contribution in [-0.4, -0.2) is 68.2 Å². The second-order valence-electron chi connectivity index (χ2n) is 8.25. The number of rotatable bonds is 4. The first-order valence-corrected chi connectivity index (χ1v) is 11.0. The van der Waals surface area contributed by atoms with Gasteiger partial charge in [-0.2, -0.15) is 26.7 Å². The van der Waals surface area contributed by atoms with E-state index in [9.17, 15) is 26.4 Å². The summed E-state index contributed by atoms with van der Waals surface area (Å²) in [5, 5.41) is 12.8. The zero-order valence-corrected chi connectivity index (χ0v) is 19.2. The standard InChI is InChI=1S/C15H27N5O4S.C2HF3O2/c1-15(2,3)24-14(21)17-25(22,23)20(13-10-16-19(5)11-13)12-6-8-18(4)9-7-12;3-2(4,5)1(6)7/h10-12H,6-9H2,1-5H3,(H,17,21);(H,6,7). The first-order chi connectivity index (χ1) is 14.4. The molecule has 1 saturated heterocycles. The topological polar surface area (TPSA) is 138 Å². The minimum absolute atomic E-state index is 0.229. The van der Waals surface area contributed by atoms with Crippen LogP contribution in [0.2, 0.25) is 0 Å². The van der Waals surface area contributed by atoms with Gasteiger partial charge >= 0.3 is 22.5 Å². The lowest BCUT2D eigenvalue weighted by atomic mass is 10.1. The lowest BCUT2D eigenvalue weighted by Gasteiger charge is -2.35. The molecule has 0 unspecified atom stereocenters. The molecule has 0 bridgehead atoms. The third kappa shape index (κ3) is 8.90. The summed E-state index contributed by atoms with van der Waals surface area (Å²) in [7, 11) is -0.307. The maximum atomic E-state index is 12.9. The molecule has 1 fully saturated rings. The van der Waals surface area contributed by atoms with Crippen LogP contribution in [-0.2, 0) is 26.8 Å². The number of carbonyl (C=O) groups excluding carboxylic acids is 2. The quantitative estimate of drug-likeness (QED) is 0.554. The Bertz CT molecular complexity index is 889. The molecule has 1 aromatic rings. The number of carbonyl (C=O) groups is 2. The van der Waals surface area contributed by atoms with Crippen LogP contribution in [0.3, 0.4) is 0 Å². The fraction of sp³-hybridized carbons (Fsp3) is 0.706. The molecule has 1 aliphatic heterocycles. The number of likely N-dealkylation sites (tertiary alicyclic amines) is 1. The van der Waals surface area contributed by atoms with Crippen LogP contribution in [0.5, 0.6) is 0 Å². The van der Waals surface area contributed by atoms with Crippen molar-refractivity contribution >= 4 is 28.0 Å². The molecule has 1 amide bonds. The molecule has 0 saturated carbocycles. The number of halogens is 3. The highest BCUT2D eigenvalue weighted by atomic mass is 32.2. The van der Waals surface area contributed by atoms with Gasteiger partial charge in [0.1, 0.15) is 11.6 Å². The molecule has 15 heteroatoms. The van der Waals surface area contributed by atoms with Crippen molar-refractivity contribution in [3.05, 3.63) is 12.4 Å². The van der Waals surface area contributed by atoms with Crippen LogP contribution in [0.25, 0.3) is 0 Å². The number of nitrogens with zero attached hydrogens (tertiary/aromatic N) is 3. The molecule has 0 radical (unpaired) electrons. The second-order valence-corrected chi connectivity index (χ2v) is 9.80. The highest BCUT2D eigenvalue weighted by molar-refractivity contribution is 7.91. The number of amides is 1. The predicted molar refractivity (Wildman–Crippen MR) is 105 cm³/mol. The molecule has 1 aliphatic rings. The van der Waals surface area contributed by atoms with Crippen molar-refractivity contribution in [2.24, 2.45) is 7.05 Å². The second kappa shape index (κ2) is 10.4. The average molecular weight is 488 g/mol. The van der Waals surface area contributed by atoms with Gasteiger partial charge in [-0.1, -0.05) is 0 Å².